The van der Waals surface area contributed by atoms with Gasteiger partial charge in [0.05, 0.1) is 11.4 Å². The zero-order valence-electron chi connectivity index (χ0n) is 8.44. The Labute approximate surface area is 94.3 Å². The molecule has 88 valence electrons. The second-order valence-electron chi connectivity index (χ2n) is 3.21. The van der Waals surface area contributed by atoms with Crippen molar-refractivity contribution in [2.75, 3.05) is 5.73 Å². The van der Waals surface area contributed by atoms with Gasteiger partial charge in [-0.15, -0.1) is 0 Å². The Balaban J connectivity index is 2.54. The second kappa shape index (κ2) is 4.00. The Bertz CT molecular complexity index is 525. The van der Waals surface area contributed by atoms with Gasteiger partial charge in [-0.1, -0.05) is 6.07 Å². The van der Waals surface area contributed by atoms with Crippen LogP contribution in [0.25, 0.3) is 11.4 Å². The molecule has 0 aliphatic carbocycles. The number of anilines is 1. The predicted octanol–water partition coefficient (Wildman–Crippen LogP) is 2.14. The summed E-state index contributed by atoms with van der Waals surface area (Å²) in [5.41, 5.74) is 4.52. The Morgan fingerprint density at radius 1 is 1.06 bits per heavy atom. The number of aromatic nitrogens is 3. The molecule has 0 aliphatic heterocycles. The molecular weight excluding hydrogens is 233 g/mol. The first-order valence-corrected chi connectivity index (χ1v) is 4.60. The molecule has 0 saturated carbocycles. The van der Waals surface area contributed by atoms with Gasteiger partial charge in [-0.3, -0.25) is 4.98 Å². The van der Waals surface area contributed by atoms with Crippen molar-refractivity contribution >= 4 is 5.95 Å². The first kappa shape index (κ1) is 11.3. The van der Waals surface area contributed by atoms with Crippen LogP contribution in [0.2, 0.25) is 0 Å². The van der Waals surface area contributed by atoms with Crippen LogP contribution in [0.1, 0.15) is 5.69 Å². The fourth-order valence-corrected chi connectivity index (χ4v) is 1.26. The minimum absolute atomic E-state index is 0.0467. The van der Waals surface area contributed by atoms with Crippen molar-refractivity contribution in [1.29, 1.82) is 0 Å². The highest BCUT2D eigenvalue weighted by Crippen LogP contribution is 2.30. The van der Waals surface area contributed by atoms with E-state index < -0.39 is 17.8 Å². The maximum atomic E-state index is 12.5. The van der Waals surface area contributed by atoms with Crippen LogP contribution in [0.4, 0.5) is 19.1 Å². The van der Waals surface area contributed by atoms with Crippen LogP contribution in [-0.2, 0) is 6.18 Å². The van der Waals surface area contributed by atoms with Gasteiger partial charge < -0.3 is 5.73 Å². The number of hydrogen-bond donors (Lipinski definition) is 1. The minimum Gasteiger partial charge on any atom is -0.368 e. The van der Waals surface area contributed by atoms with Gasteiger partial charge in [-0.25, -0.2) is 9.97 Å². The molecule has 0 unspecified atom stereocenters. The number of halogens is 3. The highest BCUT2D eigenvalue weighted by molar-refractivity contribution is 5.55. The number of nitrogens with zero attached hydrogens (tertiary/aromatic N) is 3. The molecule has 2 aromatic rings. The molecule has 2 rings (SSSR count). The van der Waals surface area contributed by atoms with Crippen molar-refractivity contribution in [3.05, 3.63) is 36.2 Å². The number of alkyl halides is 3. The highest BCUT2D eigenvalue weighted by atomic mass is 19.4. The average molecular weight is 240 g/mol. The first-order chi connectivity index (χ1) is 7.97. The summed E-state index contributed by atoms with van der Waals surface area (Å²) < 4.78 is 37.5. The highest BCUT2D eigenvalue weighted by Gasteiger charge is 2.33. The topological polar surface area (TPSA) is 64.7 Å². The standard InChI is InChI=1S/C10H7F3N4/c11-10(12,13)8-5-7(16-9(14)17-8)6-3-1-2-4-15-6/h1-5H,(H2,14,16,17). The lowest BCUT2D eigenvalue weighted by atomic mass is 10.2. The van der Waals surface area contributed by atoms with E-state index in [4.69, 9.17) is 5.73 Å². The van der Waals surface area contributed by atoms with Crippen molar-refractivity contribution in [3.63, 3.8) is 0 Å². The fourth-order valence-electron chi connectivity index (χ4n) is 1.26. The minimum atomic E-state index is -4.55. The van der Waals surface area contributed by atoms with Crippen molar-refractivity contribution in [1.82, 2.24) is 15.0 Å². The maximum absolute atomic E-state index is 12.5. The largest absolute Gasteiger partial charge is 0.433 e. The van der Waals surface area contributed by atoms with Crippen LogP contribution < -0.4 is 5.73 Å². The molecule has 2 aromatic heterocycles. The maximum Gasteiger partial charge on any atom is 0.433 e. The van der Waals surface area contributed by atoms with Crippen molar-refractivity contribution < 1.29 is 13.2 Å². The summed E-state index contributed by atoms with van der Waals surface area (Å²) in [5.74, 6) is -0.430. The van der Waals surface area contributed by atoms with E-state index in [1.807, 2.05) is 0 Å². The zero-order chi connectivity index (χ0) is 12.5. The summed E-state index contributed by atoms with van der Waals surface area (Å²) in [6.07, 6.45) is -3.10. The third-order valence-corrected chi connectivity index (χ3v) is 1.96. The number of rotatable bonds is 1. The monoisotopic (exact) mass is 240 g/mol. The lowest BCUT2D eigenvalue weighted by Crippen LogP contribution is -2.11. The van der Waals surface area contributed by atoms with Gasteiger partial charge in [-0.2, -0.15) is 13.2 Å². The van der Waals surface area contributed by atoms with Gasteiger partial charge >= 0.3 is 6.18 Å². The molecule has 0 atom stereocenters. The smallest absolute Gasteiger partial charge is 0.368 e. The summed E-state index contributed by atoms with van der Waals surface area (Å²) in [6.45, 7) is 0. The van der Waals surface area contributed by atoms with Gasteiger partial charge in [0.1, 0.15) is 0 Å². The van der Waals surface area contributed by atoms with Crippen molar-refractivity contribution in [3.8, 4) is 11.4 Å². The summed E-state index contributed by atoms with van der Waals surface area (Å²) in [5, 5.41) is 0. The Morgan fingerprint density at radius 2 is 1.82 bits per heavy atom. The van der Waals surface area contributed by atoms with Crippen LogP contribution in [0.3, 0.4) is 0 Å². The summed E-state index contributed by atoms with van der Waals surface area (Å²) >= 11 is 0. The molecule has 0 saturated heterocycles. The molecule has 0 fully saturated rings. The SMILES string of the molecule is Nc1nc(-c2ccccn2)cc(C(F)(F)F)n1. The van der Waals surface area contributed by atoms with Crippen LogP contribution >= 0.6 is 0 Å². The van der Waals surface area contributed by atoms with E-state index in [2.05, 4.69) is 15.0 Å². The number of nitrogen functional groups attached to an aromatic ring is 1. The molecule has 17 heavy (non-hydrogen) atoms. The number of nitrogens with two attached hydrogens (primary N) is 1. The van der Waals surface area contributed by atoms with Gasteiger partial charge in [0.25, 0.3) is 0 Å². The quantitative estimate of drug-likeness (QED) is 0.829. The van der Waals surface area contributed by atoms with E-state index in [0.717, 1.165) is 6.07 Å². The van der Waals surface area contributed by atoms with Crippen LogP contribution in [0, 0.1) is 0 Å². The zero-order valence-corrected chi connectivity index (χ0v) is 8.44. The fraction of sp³-hybridized carbons (Fsp3) is 0.100. The lowest BCUT2D eigenvalue weighted by molar-refractivity contribution is -0.141. The van der Waals surface area contributed by atoms with E-state index in [1.165, 1.54) is 6.20 Å². The molecule has 0 aliphatic rings. The van der Waals surface area contributed by atoms with Crippen molar-refractivity contribution in [2.45, 2.75) is 6.18 Å². The summed E-state index contributed by atoms with van der Waals surface area (Å²) in [6, 6.07) is 5.66. The Hall–Kier alpha value is -2.18. The first-order valence-electron chi connectivity index (χ1n) is 4.60. The Kier molecular flexibility index (Phi) is 2.66. The van der Waals surface area contributed by atoms with Crippen LogP contribution in [0.5, 0.6) is 0 Å². The van der Waals surface area contributed by atoms with Gasteiger partial charge in [0, 0.05) is 6.20 Å². The molecule has 2 heterocycles. The summed E-state index contributed by atoms with van der Waals surface area (Å²) in [7, 11) is 0. The molecule has 0 aromatic carbocycles. The molecule has 0 spiro atoms. The van der Waals surface area contributed by atoms with Gasteiger partial charge in [0.2, 0.25) is 5.95 Å². The molecule has 0 amide bonds. The molecule has 0 bridgehead atoms. The summed E-state index contributed by atoms with van der Waals surface area (Å²) in [4.78, 5) is 10.8. The normalized spacial score (nSPS) is 11.5. The number of hydrogen-bond acceptors (Lipinski definition) is 4. The predicted molar refractivity (Wildman–Crippen MR) is 54.7 cm³/mol. The van der Waals surface area contributed by atoms with E-state index in [1.54, 1.807) is 18.2 Å². The van der Waals surface area contributed by atoms with Gasteiger partial charge in [0.15, 0.2) is 5.69 Å². The van der Waals surface area contributed by atoms with E-state index >= 15 is 0 Å². The van der Waals surface area contributed by atoms with E-state index in [0.29, 0.717) is 5.69 Å². The van der Waals surface area contributed by atoms with Gasteiger partial charge in [-0.05, 0) is 18.2 Å². The van der Waals surface area contributed by atoms with E-state index in [9.17, 15) is 13.2 Å². The Morgan fingerprint density at radius 3 is 2.41 bits per heavy atom. The third-order valence-electron chi connectivity index (χ3n) is 1.96. The average Bonchev–Trinajstić information content (AvgIpc) is 2.28. The molecule has 2 N–H and O–H groups in total. The molecule has 7 heteroatoms. The van der Waals surface area contributed by atoms with Crippen LogP contribution in [-0.4, -0.2) is 15.0 Å². The molecule has 0 radical (unpaired) electrons. The lowest BCUT2D eigenvalue weighted by Gasteiger charge is -2.08. The van der Waals surface area contributed by atoms with E-state index in [-0.39, 0.29) is 5.69 Å². The molecular formula is C10H7F3N4. The molecule has 4 nitrogen and oxygen atoms in total. The third kappa shape index (κ3) is 2.49. The number of pyridine rings is 1. The van der Waals surface area contributed by atoms with Crippen LogP contribution in [0.15, 0.2) is 30.5 Å². The second-order valence-corrected chi connectivity index (χ2v) is 3.21. The van der Waals surface area contributed by atoms with Crippen molar-refractivity contribution in [2.24, 2.45) is 0 Å².